The van der Waals surface area contributed by atoms with Crippen molar-refractivity contribution in [3.63, 3.8) is 0 Å². The van der Waals surface area contributed by atoms with Gasteiger partial charge in [0, 0.05) is 31.3 Å². The van der Waals surface area contributed by atoms with Crippen molar-refractivity contribution >= 4 is 10.0 Å². The van der Waals surface area contributed by atoms with Crippen LogP contribution in [0, 0.1) is 0 Å². The summed E-state index contributed by atoms with van der Waals surface area (Å²) in [4.78, 5) is 0.150. The van der Waals surface area contributed by atoms with Crippen LogP contribution in [0.25, 0.3) is 0 Å². The molecule has 1 aliphatic heterocycles. The zero-order valence-corrected chi connectivity index (χ0v) is 15.7. The van der Waals surface area contributed by atoms with E-state index in [2.05, 4.69) is 0 Å². The predicted octanol–water partition coefficient (Wildman–Crippen LogP) is 2.30. The molecule has 0 bridgehead atoms. The van der Waals surface area contributed by atoms with E-state index in [0.29, 0.717) is 36.2 Å². The van der Waals surface area contributed by atoms with Gasteiger partial charge in [0.15, 0.2) is 11.5 Å². The summed E-state index contributed by atoms with van der Waals surface area (Å²) < 4.78 is 48.5. The molecule has 140 valence electrons. The lowest BCUT2D eigenvalue weighted by atomic mass is 10.2. The Morgan fingerprint density at radius 2 is 1.73 bits per heavy atom. The summed E-state index contributed by atoms with van der Waals surface area (Å²) in [5.74, 6) is 2.19. The molecule has 0 saturated heterocycles. The first-order chi connectivity index (χ1) is 12.5. The Kier molecular flexibility index (Phi) is 5.24. The molecule has 3 rings (SSSR count). The first kappa shape index (κ1) is 18.3. The van der Waals surface area contributed by atoms with Crippen LogP contribution in [-0.4, -0.2) is 47.2 Å². The number of sulfonamides is 1. The number of ether oxygens (including phenoxy) is 4. The maximum absolute atomic E-state index is 12.9. The van der Waals surface area contributed by atoms with Gasteiger partial charge in [-0.05, 0) is 18.2 Å². The topological polar surface area (TPSA) is 74.3 Å². The molecule has 0 N–H and O–H groups in total. The van der Waals surface area contributed by atoms with Gasteiger partial charge >= 0.3 is 0 Å². The molecular weight excluding hydrogens is 358 g/mol. The van der Waals surface area contributed by atoms with Crippen molar-refractivity contribution in [1.29, 1.82) is 0 Å². The molecule has 0 saturated carbocycles. The van der Waals surface area contributed by atoms with E-state index in [1.165, 1.54) is 30.6 Å². The van der Waals surface area contributed by atoms with Crippen molar-refractivity contribution in [2.75, 3.05) is 34.5 Å². The summed E-state index contributed by atoms with van der Waals surface area (Å²) in [6.07, 6.45) is 0. The van der Waals surface area contributed by atoms with Crippen molar-refractivity contribution in [2.24, 2.45) is 0 Å². The maximum atomic E-state index is 12.9. The predicted molar refractivity (Wildman–Crippen MR) is 95.6 cm³/mol. The summed E-state index contributed by atoms with van der Waals surface area (Å²) in [5, 5.41) is 0. The van der Waals surface area contributed by atoms with Gasteiger partial charge in [0.1, 0.15) is 24.7 Å². The fraction of sp³-hybridized carbons (Fsp3) is 0.333. The second kappa shape index (κ2) is 7.43. The standard InChI is InChI=1S/C18H21NO6S/c1-19(12-13-4-5-14(22-2)10-17(13)23-3)26(20,21)15-6-7-16-18(11-15)25-9-8-24-16/h4-7,10-11H,8-9,12H2,1-3H3. The number of benzene rings is 2. The third kappa shape index (κ3) is 3.56. The van der Waals surface area contributed by atoms with Gasteiger partial charge < -0.3 is 18.9 Å². The Morgan fingerprint density at radius 3 is 2.42 bits per heavy atom. The van der Waals surface area contributed by atoms with E-state index in [4.69, 9.17) is 18.9 Å². The lowest BCUT2D eigenvalue weighted by Gasteiger charge is -2.22. The van der Waals surface area contributed by atoms with Gasteiger partial charge in [-0.15, -0.1) is 0 Å². The van der Waals surface area contributed by atoms with E-state index in [-0.39, 0.29) is 11.4 Å². The van der Waals surface area contributed by atoms with Gasteiger partial charge in [0.05, 0.1) is 19.1 Å². The molecule has 0 radical (unpaired) electrons. The number of methoxy groups -OCH3 is 2. The summed E-state index contributed by atoms with van der Waals surface area (Å²) in [6, 6.07) is 9.90. The zero-order chi connectivity index (χ0) is 18.7. The maximum Gasteiger partial charge on any atom is 0.243 e. The number of nitrogens with zero attached hydrogens (tertiary/aromatic N) is 1. The summed E-state index contributed by atoms with van der Waals surface area (Å²) in [6.45, 7) is 1.01. The van der Waals surface area contributed by atoms with E-state index in [1.807, 2.05) is 0 Å². The Bertz CT molecular complexity index is 897. The highest BCUT2D eigenvalue weighted by atomic mass is 32.2. The molecule has 0 amide bonds. The average Bonchev–Trinajstić information content (AvgIpc) is 2.67. The quantitative estimate of drug-likeness (QED) is 0.767. The molecule has 1 heterocycles. The summed E-state index contributed by atoms with van der Waals surface area (Å²) in [7, 11) is 0.921. The molecule has 0 spiro atoms. The minimum atomic E-state index is -3.70. The fourth-order valence-electron chi connectivity index (χ4n) is 2.67. The van der Waals surface area contributed by atoms with Crippen molar-refractivity contribution in [1.82, 2.24) is 4.31 Å². The van der Waals surface area contributed by atoms with Gasteiger partial charge in [0.25, 0.3) is 0 Å². The minimum absolute atomic E-state index is 0.150. The van der Waals surface area contributed by atoms with Crippen LogP contribution in [0.4, 0.5) is 0 Å². The van der Waals surface area contributed by atoms with E-state index in [9.17, 15) is 8.42 Å². The van der Waals surface area contributed by atoms with Gasteiger partial charge in [0.2, 0.25) is 10.0 Å². The smallest absolute Gasteiger partial charge is 0.243 e. The summed E-state index contributed by atoms with van der Waals surface area (Å²) >= 11 is 0. The number of fused-ring (bicyclic) bond motifs is 1. The molecule has 1 aliphatic rings. The van der Waals surface area contributed by atoms with Crippen LogP contribution in [0.15, 0.2) is 41.3 Å². The third-order valence-corrected chi connectivity index (χ3v) is 5.91. The first-order valence-corrected chi connectivity index (χ1v) is 9.46. The molecular formula is C18H21NO6S. The molecule has 2 aromatic rings. The van der Waals surface area contributed by atoms with E-state index in [0.717, 1.165) is 5.56 Å². The van der Waals surface area contributed by atoms with Crippen LogP contribution >= 0.6 is 0 Å². The lowest BCUT2D eigenvalue weighted by Crippen LogP contribution is -2.27. The number of hydrogen-bond acceptors (Lipinski definition) is 6. The van der Waals surface area contributed by atoms with E-state index < -0.39 is 10.0 Å². The second-order valence-electron chi connectivity index (χ2n) is 5.74. The zero-order valence-electron chi connectivity index (χ0n) is 14.9. The monoisotopic (exact) mass is 379 g/mol. The van der Waals surface area contributed by atoms with Crippen LogP contribution in [0.5, 0.6) is 23.0 Å². The van der Waals surface area contributed by atoms with Crippen molar-refractivity contribution in [2.45, 2.75) is 11.4 Å². The normalized spacial score (nSPS) is 13.5. The van der Waals surface area contributed by atoms with Gasteiger partial charge in [-0.25, -0.2) is 8.42 Å². The first-order valence-electron chi connectivity index (χ1n) is 8.02. The molecule has 0 aliphatic carbocycles. The highest BCUT2D eigenvalue weighted by molar-refractivity contribution is 7.89. The number of rotatable bonds is 6. The molecule has 0 aromatic heterocycles. The highest BCUT2D eigenvalue weighted by Crippen LogP contribution is 2.33. The van der Waals surface area contributed by atoms with E-state index in [1.54, 1.807) is 31.4 Å². The molecule has 8 heteroatoms. The Hall–Kier alpha value is -2.45. The molecule has 2 aromatic carbocycles. The molecule has 7 nitrogen and oxygen atoms in total. The molecule has 0 atom stereocenters. The van der Waals surface area contributed by atoms with Crippen molar-refractivity contribution < 1.29 is 27.4 Å². The minimum Gasteiger partial charge on any atom is -0.497 e. The van der Waals surface area contributed by atoms with Crippen LogP contribution < -0.4 is 18.9 Å². The van der Waals surface area contributed by atoms with Crippen LogP contribution in [0.3, 0.4) is 0 Å². The van der Waals surface area contributed by atoms with E-state index >= 15 is 0 Å². The van der Waals surface area contributed by atoms with Crippen molar-refractivity contribution in [3.05, 3.63) is 42.0 Å². The van der Waals surface area contributed by atoms with Crippen LogP contribution in [0.1, 0.15) is 5.56 Å². The molecule has 0 fully saturated rings. The van der Waals surface area contributed by atoms with Gasteiger partial charge in [-0.3, -0.25) is 0 Å². The van der Waals surface area contributed by atoms with Gasteiger partial charge in [-0.1, -0.05) is 6.07 Å². The highest BCUT2D eigenvalue weighted by Gasteiger charge is 2.24. The summed E-state index contributed by atoms with van der Waals surface area (Å²) in [5.41, 5.74) is 0.733. The lowest BCUT2D eigenvalue weighted by molar-refractivity contribution is 0.171. The fourth-order valence-corrected chi connectivity index (χ4v) is 3.84. The Balaban J connectivity index is 1.86. The average molecular weight is 379 g/mol. The third-order valence-electron chi connectivity index (χ3n) is 4.11. The Morgan fingerprint density at radius 1 is 1.00 bits per heavy atom. The number of hydrogen-bond donors (Lipinski definition) is 0. The SMILES string of the molecule is COc1ccc(CN(C)S(=O)(=O)c2ccc3c(c2)OCCO3)c(OC)c1. The molecule has 0 unspecified atom stereocenters. The molecule has 26 heavy (non-hydrogen) atoms. The second-order valence-corrected chi connectivity index (χ2v) is 7.79. The van der Waals surface area contributed by atoms with Crippen LogP contribution in [-0.2, 0) is 16.6 Å². The Labute approximate surface area is 153 Å². The van der Waals surface area contributed by atoms with Crippen molar-refractivity contribution in [3.8, 4) is 23.0 Å². The largest absolute Gasteiger partial charge is 0.497 e. The van der Waals surface area contributed by atoms with Gasteiger partial charge in [-0.2, -0.15) is 4.31 Å². The van der Waals surface area contributed by atoms with Crippen LogP contribution in [0.2, 0.25) is 0 Å².